The minimum absolute atomic E-state index is 0.173. The molecule has 3 aromatic rings. The van der Waals surface area contributed by atoms with E-state index in [9.17, 15) is 9.18 Å². The molecule has 0 N–H and O–H groups in total. The third-order valence-corrected chi connectivity index (χ3v) is 4.47. The van der Waals surface area contributed by atoms with Crippen LogP contribution in [0.1, 0.15) is 10.4 Å². The molecule has 0 atom stereocenters. The lowest BCUT2D eigenvalue weighted by molar-refractivity contribution is 0.623. The van der Waals surface area contributed by atoms with E-state index in [2.05, 4.69) is 0 Å². The summed E-state index contributed by atoms with van der Waals surface area (Å²) in [6.45, 7) is 2.31. The SMILES string of the molecule is Cc1cc2c(Cl)cc(=O)n(Cc3cccc(F)c3)c2s1. The Morgan fingerprint density at radius 2 is 2.10 bits per heavy atom. The molecular formula is C15H11ClFNOS. The third kappa shape index (κ3) is 2.37. The van der Waals surface area contributed by atoms with Crippen LogP contribution in [0.2, 0.25) is 5.02 Å². The highest BCUT2D eigenvalue weighted by atomic mass is 35.5. The normalized spacial score (nSPS) is 11.2. The van der Waals surface area contributed by atoms with E-state index in [0.717, 1.165) is 20.7 Å². The maximum absolute atomic E-state index is 13.2. The number of nitrogens with zero attached hydrogens (tertiary/aromatic N) is 1. The number of thiophene rings is 1. The molecule has 0 spiro atoms. The molecule has 1 aromatic carbocycles. The maximum atomic E-state index is 13.2. The van der Waals surface area contributed by atoms with E-state index in [0.29, 0.717) is 11.6 Å². The van der Waals surface area contributed by atoms with Gasteiger partial charge in [0.05, 0.1) is 11.6 Å². The Bertz CT molecular complexity index is 853. The number of aryl methyl sites for hydroxylation is 1. The lowest BCUT2D eigenvalue weighted by Gasteiger charge is -2.08. The Labute approximate surface area is 124 Å². The molecular weight excluding hydrogens is 297 g/mol. The Hall–Kier alpha value is -1.65. The van der Waals surface area contributed by atoms with E-state index >= 15 is 0 Å². The molecule has 0 unspecified atom stereocenters. The molecule has 20 heavy (non-hydrogen) atoms. The van der Waals surface area contributed by atoms with E-state index < -0.39 is 0 Å². The Morgan fingerprint density at radius 1 is 1.30 bits per heavy atom. The highest BCUT2D eigenvalue weighted by Crippen LogP contribution is 2.29. The number of rotatable bonds is 2. The van der Waals surface area contributed by atoms with Gasteiger partial charge in [0.1, 0.15) is 10.6 Å². The van der Waals surface area contributed by atoms with E-state index in [-0.39, 0.29) is 11.4 Å². The molecule has 0 fully saturated rings. The predicted molar refractivity (Wildman–Crippen MR) is 81.3 cm³/mol. The van der Waals surface area contributed by atoms with Crippen molar-refractivity contribution in [2.75, 3.05) is 0 Å². The molecule has 3 rings (SSSR count). The summed E-state index contributed by atoms with van der Waals surface area (Å²) in [5, 5.41) is 1.33. The van der Waals surface area contributed by atoms with Gasteiger partial charge in [-0.15, -0.1) is 11.3 Å². The van der Waals surface area contributed by atoms with Gasteiger partial charge in [0.2, 0.25) is 0 Å². The van der Waals surface area contributed by atoms with Crippen LogP contribution >= 0.6 is 22.9 Å². The summed E-state index contributed by atoms with van der Waals surface area (Å²) in [6.07, 6.45) is 0. The van der Waals surface area contributed by atoms with Crippen molar-refractivity contribution in [2.45, 2.75) is 13.5 Å². The zero-order valence-corrected chi connectivity index (χ0v) is 12.3. The molecule has 0 aliphatic heterocycles. The molecule has 0 amide bonds. The van der Waals surface area contributed by atoms with E-state index in [4.69, 9.17) is 11.6 Å². The predicted octanol–water partition coefficient (Wildman–Crippen LogP) is 4.21. The van der Waals surface area contributed by atoms with E-state index in [1.807, 2.05) is 13.0 Å². The van der Waals surface area contributed by atoms with E-state index in [1.165, 1.54) is 29.5 Å². The summed E-state index contributed by atoms with van der Waals surface area (Å²) in [6, 6.07) is 9.64. The zero-order valence-electron chi connectivity index (χ0n) is 10.7. The summed E-state index contributed by atoms with van der Waals surface area (Å²) in [4.78, 5) is 14.1. The van der Waals surface area contributed by atoms with Crippen molar-refractivity contribution in [2.24, 2.45) is 0 Å². The number of aromatic nitrogens is 1. The van der Waals surface area contributed by atoms with Crippen LogP contribution < -0.4 is 5.56 Å². The fraction of sp³-hybridized carbons (Fsp3) is 0.133. The number of pyridine rings is 1. The van der Waals surface area contributed by atoms with Gasteiger partial charge in [-0.05, 0) is 30.7 Å². The fourth-order valence-corrected chi connectivity index (χ4v) is 3.52. The molecule has 102 valence electrons. The van der Waals surface area contributed by atoms with Crippen molar-refractivity contribution >= 4 is 33.2 Å². The summed E-state index contributed by atoms with van der Waals surface area (Å²) in [5.41, 5.74) is 0.579. The maximum Gasteiger partial charge on any atom is 0.253 e. The molecule has 0 saturated heterocycles. The number of fused-ring (bicyclic) bond motifs is 1. The second-order valence-corrected chi connectivity index (χ2v) is 6.26. The number of benzene rings is 1. The second kappa shape index (κ2) is 5.04. The van der Waals surface area contributed by atoms with Crippen LogP contribution in [0, 0.1) is 12.7 Å². The molecule has 5 heteroatoms. The minimum atomic E-state index is -0.303. The van der Waals surface area contributed by atoms with Crippen molar-refractivity contribution in [3.8, 4) is 0 Å². The first-order valence-electron chi connectivity index (χ1n) is 6.08. The van der Waals surface area contributed by atoms with Crippen LogP contribution in [0.25, 0.3) is 10.2 Å². The van der Waals surface area contributed by atoms with E-state index in [1.54, 1.807) is 16.7 Å². The van der Waals surface area contributed by atoms with Crippen molar-refractivity contribution in [3.05, 3.63) is 68.0 Å². The van der Waals surface area contributed by atoms with Gasteiger partial charge in [-0.1, -0.05) is 23.7 Å². The van der Waals surface area contributed by atoms with Gasteiger partial charge in [0.15, 0.2) is 0 Å². The summed E-state index contributed by atoms with van der Waals surface area (Å²) >= 11 is 7.62. The Kier molecular flexibility index (Phi) is 3.36. The summed E-state index contributed by atoms with van der Waals surface area (Å²) in [7, 11) is 0. The van der Waals surface area contributed by atoms with Crippen molar-refractivity contribution in [1.82, 2.24) is 4.57 Å². The first-order valence-corrected chi connectivity index (χ1v) is 7.28. The highest BCUT2D eigenvalue weighted by Gasteiger charge is 2.11. The number of hydrogen-bond donors (Lipinski definition) is 0. The van der Waals surface area contributed by atoms with Crippen LogP contribution in [0.15, 0.2) is 41.2 Å². The molecule has 0 bridgehead atoms. The van der Waals surface area contributed by atoms with Crippen LogP contribution in [0.3, 0.4) is 0 Å². The molecule has 0 radical (unpaired) electrons. The van der Waals surface area contributed by atoms with Crippen molar-refractivity contribution < 1.29 is 4.39 Å². The first kappa shape index (κ1) is 13.3. The van der Waals surface area contributed by atoms with Crippen LogP contribution in [0.4, 0.5) is 4.39 Å². The van der Waals surface area contributed by atoms with Crippen molar-refractivity contribution in [1.29, 1.82) is 0 Å². The van der Waals surface area contributed by atoms with Gasteiger partial charge in [-0.2, -0.15) is 0 Å². The largest absolute Gasteiger partial charge is 0.295 e. The molecule has 0 aliphatic carbocycles. The second-order valence-electron chi connectivity index (χ2n) is 4.62. The average molecular weight is 308 g/mol. The molecule has 2 aromatic heterocycles. The first-order chi connectivity index (χ1) is 9.54. The van der Waals surface area contributed by atoms with Crippen LogP contribution in [-0.4, -0.2) is 4.57 Å². The van der Waals surface area contributed by atoms with Crippen LogP contribution in [0.5, 0.6) is 0 Å². The standard InChI is InChI=1S/C15H11ClFNOS/c1-9-5-12-13(16)7-14(19)18(15(12)20-9)8-10-3-2-4-11(17)6-10/h2-7H,8H2,1H3. The van der Waals surface area contributed by atoms with Gasteiger partial charge < -0.3 is 0 Å². The topological polar surface area (TPSA) is 22.0 Å². The molecule has 2 heterocycles. The quantitative estimate of drug-likeness (QED) is 0.695. The Balaban J connectivity index is 2.18. The highest BCUT2D eigenvalue weighted by molar-refractivity contribution is 7.18. The smallest absolute Gasteiger partial charge is 0.253 e. The number of halogens is 2. The van der Waals surface area contributed by atoms with Gasteiger partial charge in [-0.3, -0.25) is 9.36 Å². The average Bonchev–Trinajstić information content (AvgIpc) is 2.77. The number of hydrogen-bond acceptors (Lipinski definition) is 2. The summed E-state index contributed by atoms with van der Waals surface area (Å²) < 4.78 is 14.9. The van der Waals surface area contributed by atoms with Gasteiger partial charge in [-0.25, -0.2) is 4.39 Å². The molecule has 0 aliphatic rings. The van der Waals surface area contributed by atoms with Crippen molar-refractivity contribution in [3.63, 3.8) is 0 Å². The zero-order chi connectivity index (χ0) is 14.3. The van der Waals surface area contributed by atoms with Gasteiger partial charge in [0, 0.05) is 16.3 Å². The monoisotopic (exact) mass is 307 g/mol. The van der Waals surface area contributed by atoms with Crippen LogP contribution in [-0.2, 0) is 6.54 Å². The fourth-order valence-electron chi connectivity index (χ4n) is 2.21. The lowest BCUT2D eigenvalue weighted by Crippen LogP contribution is -2.19. The minimum Gasteiger partial charge on any atom is -0.295 e. The third-order valence-electron chi connectivity index (χ3n) is 3.08. The molecule has 0 saturated carbocycles. The Morgan fingerprint density at radius 3 is 2.85 bits per heavy atom. The van der Waals surface area contributed by atoms with Gasteiger partial charge in [0.25, 0.3) is 5.56 Å². The lowest BCUT2D eigenvalue weighted by atomic mass is 10.2. The molecule has 2 nitrogen and oxygen atoms in total. The van der Waals surface area contributed by atoms with Gasteiger partial charge >= 0.3 is 0 Å². The summed E-state index contributed by atoms with van der Waals surface area (Å²) in [5.74, 6) is -0.303.